The van der Waals surface area contributed by atoms with Crippen molar-refractivity contribution < 1.29 is 4.79 Å². The number of nitrogens with zero attached hydrogens (tertiary/aromatic N) is 2. The van der Waals surface area contributed by atoms with Crippen LogP contribution in [0.5, 0.6) is 0 Å². The van der Waals surface area contributed by atoms with Crippen LogP contribution in [0, 0.1) is 6.92 Å². The number of piperazine rings is 1. The molecule has 3 rings (SSSR count). The molecule has 1 aromatic carbocycles. The number of aromatic nitrogens is 1. The molecule has 1 aromatic heterocycles. The van der Waals surface area contributed by atoms with Gasteiger partial charge in [-0.3, -0.25) is 9.78 Å². The first kappa shape index (κ1) is 21.4. The van der Waals surface area contributed by atoms with Crippen LogP contribution in [0.1, 0.15) is 29.8 Å². The van der Waals surface area contributed by atoms with E-state index in [1.165, 1.54) is 5.56 Å². The Morgan fingerprint density at radius 3 is 2.48 bits per heavy atom. The zero-order valence-electron chi connectivity index (χ0n) is 14.7. The van der Waals surface area contributed by atoms with Gasteiger partial charge in [-0.25, -0.2) is 0 Å². The topological polar surface area (TPSA) is 45.2 Å². The van der Waals surface area contributed by atoms with Gasteiger partial charge in [0.2, 0.25) is 0 Å². The van der Waals surface area contributed by atoms with E-state index in [0.29, 0.717) is 11.6 Å². The zero-order chi connectivity index (χ0) is 16.4. The molecule has 2 atom stereocenters. The van der Waals surface area contributed by atoms with Crippen LogP contribution in [-0.2, 0) is 0 Å². The third-order valence-electron chi connectivity index (χ3n) is 4.67. The molecule has 1 amide bonds. The lowest BCUT2D eigenvalue weighted by Crippen LogP contribution is -2.57. The average molecular weight is 382 g/mol. The molecule has 1 aliphatic heterocycles. The summed E-state index contributed by atoms with van der Waals surface area (Å²) in [6, 6.07) is 10.7. The minimum absolute atomic E-state index is 0. The Labute approximate surface area is 161 Å². The number of hydrogen-bond donors (Lipinski definition) is 1. The monoisotopic (exact) mass is 381 g/mol. The minimum Gasteiger partial charge on any atom is -0.333 e. The Morgan fingerprint density at radius 2 is 1.80 bits per heavy atom. The third kappa shape index (κ3) is 4.72. The Bertz CT molecular complexity index is 706. The zero-order valence-corrected chi connectivity index (χ0v) is 16.4. The smallest absolute Gasteiger partial charge is 0.255 e. The summed E-state index contributed by atoms with van der Waals surface area (Å²) < 4.78 is 0. The molecule has 0 saturated carbocycles. The molecule has 0 bridgehead atoms. The quantitative estimate of drug-likeness (QED) is 0.861. The normalized spacial score (nSPS) is 19.6. The van der Waals surface area contributed by atoms with E-state index < -0.39 is 0 Å². The van der Waals surface area contributed by atoms with E-state index in [2.05, 4.69) is 55.3 Å². The van der Waals surface area contributed by atoms with Gasteiger partial charge in [-0.15, -0.1) is 24.8 Å². The number of hydrogen-bond acceptors (Lipinski definition) is 3. The number of carbonyl (C=O) groups is 1. The molecule has 1 fully saturated rings. The van der Waals surface area contributed by atoms with E-state index in [9.17, 15) is 4.79 Å². The fraction of sp³-hybridized carbons (Fsp3) is 0.368. The first-order chi connectivity index (χ1) is 11.1. The summed E-state index contributed by atoms with van der Waals surface area (Å²) in [5.41, 5.74) is 3.94. The molecular weight excluding hydrogens is 357 g/mol. The summed E-state index contributed by atoms with van der Waals surface area (Å²) in [5.74, 6) is 0.0623. The maximum absolute atomic E-state index is 12.9. The van der Waals surface area contributed by atoms with E-state index in [0.717, 1.165) is 24.2 Å². The van der Waals surface area contributed by atoms with Crippen LogP contribution in [0.2, 0.25) is 0 Å². The van der Waals surface area contributed by atoms with Gasteiger partial charge in [-0.2, -0.15) is 0 Å². The molecule has 1 aliphatic rings. The molecule has 0 aliphatic carbocycles. The van der Waals surface area contributed by atoms with Crippen molar-refractivity contribution in [1.82, 2.24) is 15.2 Å². The van der Waals surface area contributed by atoms with Crippen molar-refractivity contribution in [3.8, 4) is 11.1 Å². The number of rotatable bonds is 2. The number of nitrogens with one attached hydrogen (secondary N) is 1. The fourth-order valence-electron chi connectivity index (χ4n) is 2.97. The number of amides is 1. The summed E-state index contributed by atoms with van der Waals surface area (Å²) in [6.45, 7) is 7.84. The molecule has 1 N–H and O–H groups in total. The van der Waals surface area contributed by atoms with Gasteiger partial charge >= 0.3 is 0 Å². The lowest BCUT2D eigenvalue weighted by atomic mass is 10.0. The lowest BCUT2D eigenvalue weighted by molar-refractivity contribution is 0.0602. The summed E-state index contributed by atoms with van der Waals surface area (Å²) in [4.78, 5) is 19.1. The van der Waals surface area contributed by atoms with Crippen molar-refractivity contribution >= 4 is 30.7 Å². The highest BCUT2D eigenvalue weighted by atomic mass is 35.5. The summed E-state index contributed by atoms with van der Waals surface area (Å²) in [7, 11) is 0. The largest absolute Gasteiger partial charge is 0.333 e. The van der Waals surface area contributed by atoms with Crippen molar-refractivity contribution in [3.63, 3.8) is 0 Å². The highest BCUT2D eigenvalue weighted by Crippen LogP contribution is 2.21. The molecule has 4 nitrogen and oxygen atoms in total. The highest BCUT2D eigenvalue weighted by Gasteiger charge is 2.28. The Balaban J connectivity index is 0.00000156. The van der Waals surface area contributed by atoms with Crippen molar-refractivity contribution in [3.05, 3.63) is 53.9 Å². The van der Waals surface area contributed by atoms with E-state index in [1.54, 1.807) is 6.20 Å². The highest BCUT2D eigenvalue weighted by molar-refractivity contribution is 5.95. The van der Waals surface area contributed by atoms with Crippen LogP contribution >= 0.6 is 24.8 Å². The standard InChI is InChI=1S/C19H23N3O.2ClH/c1-13-4-6-16(7-5-13)17-10-18(12-20-11-17)19(23)22-9-8-21-14(2)15(22)3;;/h4-7,10-12,14-15,21H,8-9H2,1-3H3;2*1H. The fourth-order valence-corrected chi connectivity index (χ4v) is 2.97. The van der Waals surface area contributed by atoms with E-state index >= 15 is 0 Å². The Hall–Kier alpha value is -1.62. The van der Waals surface area contributed by atoms with E-state index in [1.807, 2.05) is 17.2 Å². The predicted octanol–water partition coefficient (Wildman–Crippen LogP) is 3.72. The van der Waals surface area contributed by atoms with Crippen molar-refractivity contribution in [2.75, 3.05) is 13.1 Å². The second kappa shape index (κ2) is 9.18. The van der Waals surface area contributed by atoms with Crippen molar-refractivity contribution in [1.29, 1.82) is 0 Å². The number of halogens is 2. The van der Waals surface area contributed by atoms with Crippen LogP contribution in [-0.4, -0.2) is 41.0 Å². The minimum atomic E-state index is 0. The van der Waals surface area contributed by atoms with E-state index in [-0.39, 0.29) is 36.8 Å². The second-order valence-electron chi connectivity index (χ2n) is 6.31. The van der Waals surface area contributed by atoms with Crippen molar-refractivity contribution in [2.45, 2.75) is 32.9 Å². The molecule has 136 valence electrons. The molecule has 2 aromatic rings. The maximum atomic E-state index is 12.9. The van der Waals surface area contributed by atoms with E-state index in [4.69, 9.17) is 0 Å². The SMILES string of the molecule is Cc1ccc(-c2cncc(C(=O)N3CCNC(C)C3C)c2)cc1.Cl.Cl. The first-order valence-electron chi connectivity index (χ1n) is 8.12. The molecule has 6 heteroatoms. The Kier molecular flexibility index (Phi) is 7.87. The number of benzene rings is 1. The molecule has 1 saturated heterocycles. The van der Waals surface area contributed by atoms with Gasteiger partial charge in [0, 0.05) is 43.1 Å². The van der Waals surface area contributed by atoms with Crippen molar-refractivity contribution in [2.24, 2.45) is 0 Å². The first-order valence-corrected chi connectivity index (χ1v) is 8.12. The van der Waals surface area contributed by atoms with Crippen LogP contribution in [0.3, 0.4) is 0 Å². The average Bonchev–Trinajstić information content (AvgIpc) is 2.57. The second-order valence-corrected chi connectivity index (χ2v) is 6.31. The summed E-state index contributed by atoms with van der Waals surface area (Å²) in [5, 5.41) is 3.40. The molecule has 0 radical (unpaired) electrons. The van der Waals surface area contributed by atoms with Crippen LogP contribution in [0.4, 0.5) is 0 Å². The van der Waals surface area contributed by atoms with Gasteiger partial charge in [0.1, 0.15) is 0 Å². The molecule has 25 heavy (non-hydrogen) atoms. The lowest BCUT2D eigenvalue weighted by Gasteiger charge is -2.38. The molecule has 2 heterocycles. The molecule has 2 unspecified atom stereocenters. The molecule has 0 spiro atoms. The number of carbonyl (C=O) groups excluding carboxylic acids is 1. The number of pyridine rings is 1. The summed E-state index contributed by atoms with van der Waals surface area (Å²) >= 11 is 0. The van der Waals surface area contributed by atoms with Crippen LogP contribution in [0.25, 0.3) is 11.1 Å². The van der Waals surface area contributed by atoms with Gasteiger partial charge < -0.3 is 10.2 Å². The van der Waals surface area contributed by atoms with Crippen LogP contribution in [0.15, 0.2) is 42.7 Å². The Morgan fingerprint density at radius 1 is 1.12 bits per heavy atom. The van der Waals surface area contributed by atoms with Gasteiger partial charge in [0.15, 0.2) is 0 Å². The maximum Gasteiger partial charge on any atom is 0.255 e. The third-order valence-corrected chi connectivity index (χ3v) is 4.67. The van der Waals surface area contributed by atoms with Gasteiger partial charge in [-0.05, 0) is 32.4 Å². The van der Waals surface area contributed by atoms with Crippen LogP contribution < -0.4 is 5.32 Å². The van der Waals surface area contributed by atoms with Gasteiger partial charge in [0.25, 0.3) is 5.91 Å². The van der Waals surface area contributed by atoms with Gasteiger partial charge in [0.05, 0.1) is 5.56 Å². The van der Waals surface area contributed by atoms with Gasteiger partial charge in [-0.1, -0.05) is 29.8 Å². The molecular formula is C19H25Cl2N3O. The summed E-state index contributed by atoms with van der Waals surface area (Å²) in [6.07, 6.45) is 3.48. The predicted molar refractivity (Wildman–Crippen MR) is 107 cm³/mol. The number of aryl methyl sites for hydroxylation is 1.